The summed E-state index contributed by atoms with van der Waals surface area (Å²) in [6, 6.07) is 4.90. The number of amides is 1. The number of aromatic nitrogens is 4. The third kappa shape index (κ3) is 4.62. The first-order chi connectivity index (χ1) is 17.3. The quantitative estimate of drug-likeness (QED) is 0.516. The van der Waals surface area contributed by atoms with Crippen molar-refractivity contribution in [2.24, 2.45) is 5.73 Å². The Balaban J connectivity index is 1.42. The average Bonchev–Trinajstić information content (AvgIpc) is 3.23. The van der Waals surface area contributed by atoms with Gasteiger partial charge in [-0.25, -0.2) is 23.7 Å². The van der Waals surface area contributed by atoms with Crippen LogP contribution >= 0.6 is 0 Å². The number of carbonyl (C=O) groups excluding carboxylic acids is 1. The minimum atomic E-state index is -1.26. The number of alkyl halides is 1. The number of benzene rings is 1. The lowest BCUT2D eigenvalue weighted by Gasteiger charge is -2.36. The first-order valence-electron chi connectivity index (χ1n) is 12.2. The van der Waals surface area contributed by atoms with Crippen LogP contribution in [0.25, 0.3) is 11.3 Å². The number of likely N-dealkylation sites (tertiary alicyclic amines) is 1. The highest BCUT2D eigenvalue weighted by Gasteiger charge is 2.36. The standard InChI is InChI=1S/C25H30F2N8O/c1-15-11-16(3-4-18(15)26)20-13-35(10-9-33-6-2-7-33)24(32-20)17-5-8-34(12-19(17)27)25-21(23(29)36)22(28)30-14-31-25/h3-4,11,13-14,17,19H,2,5-10,12H2,1H3,(H2,29,36)(H2,28,30,31). The van der Waals surface area contributed by atoms with Gasteiger partial charge in [-0.3, -0.25) is 4.79 Å². The van der Waals surface area contributed by atoms with Crippen LogP contribution in [0.2, 0.25) is 0 Å². The van der Waals surface area contributed by atoms with E-state index in [1.165, 1.54) is 18.8 Å². The minimum absolute atomic E-state index is 0.00756. The summed E-state index contributed by atoms with van der Waals surface area (Å²) < 4.78 is 31.6. The number of carbonyl (C=O) groups is 1. The highest BCUT2D eigenvalue weighted by molar-refractivity contribution is 6.01. The summed E-state index contributed by atoms with van der Waals surface area (Å²) in [7, 11) is 0. The van der Waals surface area contributed by atoms with Gasteiger partial charge >= 0.3 is 0 Å². The van der Waals surface area contributed by atoms with Crippen LogP contribution in [0.5, 0.6) is 0 Å². The van der Waals surface area contributed by atoms with Crippen molar-refractivity contribution in [2.75, 3.05) is 43.4 Å². The molecule has 3 aromatic rings. The summed E-state index contributed by atoms with van der Waals surface area (Å²) in [5, 5.41) is 0. The molecular formula is C25H30F2N8O. The molecule has 2 unspecified atom stereocenters. The first-order valence-corrected chi connectivity index (χ1v) is 12.2. The molecule has 2 saturated heterocycles. The Kier molecular flexibility index (Phi) is 6.57. The van der Waals surface area contributed by atoms with E-state index in [4.69, 9.17) is 16.5 Å². The predicted octanol–water partition coefficient (Wildman–Crippen LogP) is 2.51. The zero-order chi connectivity index (χ0) is 25.4. The van der Waals surface area contributed by atoms with E-state index in [1.807, 2.05) is 10.8 Å². The number of halogens is 2. The van der Waals surface area contributed by atoms with E-state index in [2.05, 4.69) is 14.9 Å². The summed E-state index contributed by atoms with van der Waals surface area (Å²) >= 11 is 0. The molecule has 11 heteroatoms. The summed E-state index contributed by atoms with van der Waals surface area (Å²) in [6.45, 7) is 5.89. The second kappa shape index (κ2) is 9.81. The maximum absolute atomic E-state index is 15.7. The third-order valence-electron chi connectivity index (χ3n) is 7.14. The zero-order valence-electron chi connectivity index (χ0n) is 20.2. The fourth-order valence-corrected chi connectivity index (χ4v) is 4.96. The van der Waals surface area contributed by atoms with E-state index in [0.717, 1.165) is 25.2 Å². The van der Waals surface area contributed by atoms with Crippen LogP contribution in [0.4, 0.5) is 20.4 Å². The molecule has 0 radical (unpaired) electrons. The van der Waals surface area contributed by atoms with Crippen molar-refractivity contribution in [3.63, 3.8) is 0 Å². The fourth-order valence-electron chi connectivity index (χ4n) is 4.96. The number of hydrogen-bond donors (Lipinski definition) is 2. The van der Waals surface area contributed by atoms with E-state index in [-0.39, 0.29) is 29.6 Å². The van der Waals surface area contributed by atoms with Gasteiger partial charge in [-0.2, -0.15) is 0 Å². The van der Waals surface area contributed by atoms with Crippen molar-refractivity contribution in [3.8, 4) is 11.3 Å². The number of anilines is 2. The van der Waals surface area contributed by atoms with Crippen molar-refractivity contribution in [1.29, 1.82) is 0 Å². The largest absolute Gasteiger partial charge is 0.383 e. The van der Waals surface area contributed by atoms with Crippen molar-refractivity contribution in [1.82, 2.24) is 24.4 Å². The SMILES string of the molecule is Cc1cc(-c2cn(CCN3CCC3)c(C3CCN(c4ncnc(N)c4C(N)=O)CC3F)n2)ccc1F. The Morgan fingerprint density at radius 3 is 2.67 bits per heavy atom. The van der Waals surface area contributed by atoms with Crippen molar-refractivity contribution >= 4 is 17.5 Å². The molecular weight excluding hydrogens is 466 g/mol. The molecule has 4 N–H and O–H groups in total. The van der Waals surface area contributed by atoms with Crippen LogP contribution in [0.15, 0.2) is 30.7 Å². The normalized spacial score (nSPS) is 20.4. The Morgan fingerprint density at radius 1 is 1.19 bits per heavy atom. The van der Waals surface area contributed by atoms with Gasteiger partial charge in [0, 0.05) is 31.4 Å². The van der Waals surface area contributed by atoms with Crippen LogP contribution in [0, 0.1) is 12.7 Å². The van der Waals surface area contributed by atoms with Gasteiger partial charge in [-0.05, 0) is 56.6 Å². The topological polar surface area (TPSA) is 119 Å². The van der Waals surface area contributed by atoms with Crippen molar-refractivity contribution < 1.29 is 13.6 Å². The van der Waals surface area contributed by atoms with E-state index in [0.29, 0.717) is 36.6 Å². The Bertz CT molecular complexity index is 1270. The second-order valence-electron chi connectivity index (χ2n) is 9.52. The molecule has 9 nitrogen and oxygen atoms in total. The van der Waals surface area contributed by atoms with Crippen LogP contribution in [0.1, 0.15) is 40.5 Å². The van der Waals surface area contributed by atoms with Crippen molar-refractivity contribution in [3.05, 3.63) is 53.5 Å². The monoisotopic (exact) mass is 496 g/mol. The number of rotatable bonds is 7. The Morgan fingerprint density at radius 2 is 2.00 bits per heavy atom. The number of nitrogen functional groups attached to an aromatic ring is 1. The van der Waals surface area contributed by atoms with E-state index >= 15 is 4.39 Å². The highest BCUT2D eigenvalue weighted by atomic mass is 19.1. The molecule has 0 saturated carbocycles. The van der Waals surface area contributed by atoms with Gasteiger partial charge in [0.05, 0.1) is 18.2 Å². The van der Waals surface area contributed by atoms with Gasteiger partial charge in [0.2, 0.25) is 0 Å². The van der Waals surface area contributed by atoms with Gasteiger partial charge in [-0.15, -0.1) is 0 Å². The number of piperidine rings is 1. The number of imidazole rings is 1. The summed E-state index contributed by atoms with van der Waals surface area (Å²) in [5.41, 5.74) is 13.4. The number of hydrogen-bond acceptors (Lipinski definition) is 7. The minimum Gasteiger partial charge on any atom is -0.383 e. The molecule has 0 aliphatic carbocycles. The van der Waals surface area contributed by atoms with Gasteiger partial charge in [0.1, 0.15) is 41.3 Å². The van der Waals surface area contributed by atoms with Crippen LogP contribution in [-0.4, -0.2) is 69.2 Å². The smallest absolute Gasteiger partial charge is 0.256 e. The summed E-state index contributed by atoms with van der Waals surface area (Å²) in [4.78, 5) is 28.8. The summed E-state index contributed by atoms with van der Waals surface area (Å²) in [5.74, 6) is -0.555. The molecule has 2 aliphatic heterocycles. The third-order valence-corrected chi connectivity index (χ3v) is 7.14. The molecule has 0 bridgehead atoms. The Labute approximate surface area is 208 Å². The number of nitrogens with zero attached hydrogens (tertiary/aromatic N) is 6. The predicted molar refractivity (Wildman–Crippen MR) is 133 cm³/mol. The lowest BCUT2D eigenvalue weighted by molar-refractivity contribution is 0.100. The van der Waals surface area contributed by atoms with Gasteiger partial charge in [0.25, 0.3) is 5.91 Å². The molecule has 1 aromatic carbocycles. The number of aryl methyl sites for hydroxylation is 1. The molecule has 2 aromatic heterocycles. The van der Waals surface area contributed by atoms with Crippen LogP contribution < -0.4 is 16.4 Å². The van der Waals surface area contributed by atoms with Crippen LogP contribution in [-0.2, 0) is 6.54 Å². The Hall–Kier alpha value is -3.60. The van der Waals surface area contributed by atoms with Gasteiger partial charge < -0.3 is 25.8 Å². The maximum atomic E-state index is 15.7. The molecule has 1 amide bonds. The lowest BCUT2D eigenvalue weighted by atomic mass is 9.93. The molecule has 2 aliphatic rings. The summed E-state index contributed by atoms with van der Waals surface area (Å²) in [6.07, 6.45) is 3.59. The molecule has 36 heavy (non-hydrogen) atoms. The highest BCUT2D eigenvalue weighted by Crippen LogP contribution is 2.35. The lowest BCUT2D eigenvalue weighted by Crippen LogP contribution is -2.43. The van der Waals surface area contributed by atoms with E-state index in [9.17, 15) is 9.18 Å². The zero-order valence-corrected chi connectivity index (χ0v) is 20.2. The molecule has 0 spiro atoms. The van der Waals surface area contributed by atoms with E-state index < -0.39 is 18.0 Å². The second-order valence-corrected chi connectivity index (χ2v) is 9.52. The first kappa shape index (κ1) is 24.1. The fraction of sp³-hybridized carbons (Fsp3) is 0.440. The molecule has 4 heterocycles. The number of nitrogens with two attached hydrogens (primary N) is 2. The maximum Gasteiger partial charge on any atom is 0.256 e. The molecule has 190 valence electrons. The molecule has 2 fully saturated rings. The number of primary amides is 1. The van der Waals surface area contributed by atoms with Gasteiger partial charge in [0.15, 0.2) is 0 Å². The average molecular weight is 497 g/mol. The van der Waals surface area contributed by atoms with E-state index in [1.54, 1.807) is 24.0 Å². The van der Waals surface area contributed by atoms with Crippen LogP contribution in [0.3, 0.4) is 0 Å². The van der Waals surface area contributed by atoms with Crippen molar-refractivity contribution in [2.45, 2.75) is 38.4 Å². The molecule has 5 rings (SSSR count). The van der Waals surface area contributed by atoms with Gasteiger partial charge in [-0.1, -0.05) is 0 Å². The molecule has 2 atom stereocenters.